The third kappa shape index (κ3) is 1.28. The van der Waals surface area contributed by atoms with Gasteiger partial charge in [0.1, 0.15) is 0 Å². The highest BCUT2D eigenvalue weighted by molar-refractivity contribution is 9.10. The minimum Gasteiger partial charge on any atom is -0.364 e. The molecule has 0 unspecified atom stereocenters. The van der Waals surface area contributed by atoms with Crippen LogP contribution in [0, 0.1) is 0 Å². The average Bonchev–Trinajstić information content (AvgIpc) is 2.13. The molecule has 1 amide bonds. The van der Waals surface area contributed by atoms with E-state index >= 15 is 0 Å². The molecule has 0 aromatic carbocycles. The van der Waals surface area contributed by atoms with Crippen LogP contribution >= 0.6 is 27.5 Å². The Bertz CT molecular complexity index is 234. The number of rotatable bonds is 1. The van der Waals surface area contributed by atoms with Crippen LogP contribution in [0.1, 0.15) is 10.5 Å². The molecule has 0 aliphatic rings. The molecular formula is C4H3BrN2OS. The lowest BCUT2D eigenvalue weighted by molar-refractivity contribution is 0.0996. The zero-order valence-electron chi connectivity index (χ0n) is 4.30. The molecule has 0 spiro atoms. The van der Waals surface area contributed by atoms with Gasteiger partial charge in [0.2, 0.25) is 0 Å². The van der Waals surface area contributed by atoms with Crippen molar-refractivity contribution in [3.05, 3.63) is 15.5 Å². The predicted molar refractivity (Wildman–Crippen MR) is 38.3 cm³/mol. The molecule has 9 heavy (non-hydrogen) atoms. The van der Waals surface area contributed by atoms with Gasteiger partial charge in [0.05, 0.1) is 4.47 Å². The van der Waals surface area contributed by atoms with E-state index in [1.165, 1.54) is 11.5 Å². The van der Waals surface area contributed by atoms with E-state index in [2.05, 4.69) is 20.3 Å². The fourth-order valence-corrected chi connectivity index (χ4v) is 1.59. The maximum atomic E-state index is 10.4. The summed E-state index contributed by atoms with van der Waals surface area (Å²) < 4.78 is 4.40. The predicted octanol–water partition coefficient (Wildman–Crippen LogP) is 1.00. The lowest BCUT2D eigenvalue weighted by Crippen LogP contribution is -2.11. The molecule has 0 radical (unpaired) electrons. The largest absolute Gasteiger partial charge is 0.364 e. The number of primary amides is 1. The SMILES string of the molecule is NC(=O)c1nscc1Br. The Kier molecular flexibility index (Phi) is 1.82. The maximum absolute atomic E-state index is 10.4. The van der Waals surface area contributed by atoms with Crippen LogP contribution in [0.25, 0.3) is 0 Å². The summed E-state index contributed by atoms with van der Waals surface area (Å²) in [6.45, 7) is 0. The van der Waals surface area contributed by atoms with Crippen LogP contribution in [0.2, 0.25) is 0 Å². The minimum atomic E-state index is -0.497. The van der Waals surface area contributed by atoms with E-state index in [0.29, 0.717) is 10.2 Å². The molecule has 5 heteroatoms. The van der Waals surface area contributed by atoms with Gasteiger partial charge in [-0.3, -0.25) is 4.79 Å². The van der Waals surface area contributed by atoms with Crippen LogP contribution in [0.15, 0.2) is 9.85 Å². The summed E-state index contributed by atoms with van der Waals surface area (Å²) in [6.07, 6.45) is 0. The van der Waals surface area contributed by atoms with E-state index in [9.17, 15) is 4.79 Å². The highest BCUT2D eigenvalue weighted by Gasteiger charge is 2.07. The average molecular weight is 207 g/mol. The van der Waals surface area contributed by atoms with Crippen LogP contribution in [-0.2, 0) is 0 Å². The number of carbonyl (C=O) groups is 1. The zero-order valence-corrected chi connectivity index (χ0v) is 6.70. The van der Waals surface area contributed by atoms with E-state index in [1.807, 2.05) is 0 Å². The first-order valence-electron chi connectivity index (χ1n) is 2.11. The second-order valence-electron chi connectivity index (χ2n) is 1.38. The zero-order chi connectivity index (χ0) is 6.85. The first-order valence-corrected chi connectivity index (χ1v) is 3.74. The fraction of sp³-hybridized carbons (Fsp3) is 0. The number of hydrogen-bond donors (Lipinski definition) is 1. The molecule has 1 aromatic rings. The van der Waals surface area contributed by atoms with Gasteiger partial charge in [0, 0.05) is 5.38 Å². The van der Waals surface area contributed by atoms with Crippen molar-refractivity contribution in [3.63, 3.8) is 0 Å². The molecule has 0 aliphatic heterocycles. The third-order valence-electron chi connectivity index (χ3n) is 0.760. The molecule has 3 nitrogen and oxygen atoms in total. The van der Waals surface area contributed by atoms with Crippen molar-refractivity contribution in [1.29, 1.82) is 0 Å². The summed E-state index contributed by atoms with van der Waals surface area (Å²) in [6, 6.07) is 0. The quantitative estimate of drug-likeness (QED) is 0.746. The van der Waals surface area contributed by atoms with Gasteiger partial charge < -0.3 is 5.73 Å². The van der Waals surface area contributed by atoms with Crippen molar-refractivity contribution in [2.24, 2.45) is 5.73 Å². The van der Waals surface area contributed by atoms with Crippen LogP contribution in [-0.4, -0.2) is 10.3 Å². The summed E-state index contributed by atoms with van der Waals surface area (Å²) in [5.74, 6) is -0.497. The van der Waals surface area contributed by atoms with Crippen LogP contribution in [0.5, 0.6) is 0 Å². The molecule has 1 heterocycles. The van der Waals surface area contributed by atoms with Gasteiger partial charge in [-0.15, -0.1) is 0 Å². The molecule has 0 fully saturated rings. The minimum absolute atomic E-state index is 0.306. The van der Waals surface area contributed by atoms with Gasteiger partial charge in [-0.05, 0) is 27.5 Å². The summed E-state index contributed by atoms with van der Waals surface area (Å²) >= 11 is 4.31. The molecule has 2 N–H and O–H groups in total. The van der Waals surface area contributed by atoms with Gasteiger partial charge in [0.25, 0.3) is 5.91 Å². The second-order valence-corrected chi connectivity index (χ2v) is 2.86. The van der Waals surface area contributed by atoms with E-state index in [4.69, 9.17) is 5.73 Å². The Morgan fingerprint density at radius 3 is 2.78 bits per heavy atom. The molecular weight excluding hydrogens is 204 g/mol. The van der Waals surface area contributed by atoms with Crippen molar-refractivity contribution in [1.82, 2.24) is 4.37 Å². The standard InChI is InChI=1S/C4H3BrN2OS/c5-2-1-9-7-3(2)4(6)8/h1H,(H2,6,8). The van der Waals surface area contributed by atoms with Gasteiger partial charge in [0.15, 0.2) is 5.69 Å². The Balaban J connectivity index is 3.08. The van der Waals surface area contributed by atoms with Crippen LogP contribution < -0.4 is 5.73 Å². The summed E-state index contributed by atoms with van der Waals surface area (Å²) in [5.41, 5.74) is 5.24. The highest BCUT2D eigenvalue weighted by Crippen LogP contribution is 2.16. The topological polar surface area (TPSA) is 56.0 Å². The van der Waals surface area contributed by atoms with Gasteiger partial charge in [-0.25, -0.2) is 0 Å². The third-order valence-corrected chi connectivity index (χ3v) is 2.30. The normalized spacial score (nSPS) is 9.44. The molecule has 0 saturated heterocycles. The molecule has 1 rings (SSSR count). The number of aromatic nitrogens is 1. The van der Waals surface area contributed by atoms with Gasteiger partial charge in [-0.1, -0.05) is 0 Å². The maximum Gasteiger partial charge on any atom is 0.269 e. The van der Waals surface area contributed by atoms with Crippen molar-refractivity contribution in [2.45, 2.75) is 0 Å². The summed E-state index contributed by atoms with van der Waals surface area (Å²) in [4.78, 5) is 10.4. The first-order chi connectivity index (χ1) is 4.22. The number of halogens is 1. The first kappa shape index (κ1) is 6.70. The number of carbonyl (C=O) groups excluding carboxylic acids is 1. The molecule has 0 aliphatic carbocycles. The molecule has 0 saturated carbocycles. The van der Waals surface area contributed by atoms with Crippen molar-refractivity contribution < 1.29 is 4.79 Å². The Morgan fingerprint density at radius 2 is 2.56 bits per heavy atom. The Morgan fingerprint density at radius 1 is 1.89 bits per heavy atom. The van der Waals surface area contributed by atoms with E-state index in [0.717, 1.165) is 0 Å². The van der Waals surface area contributed by atoms with E-state index in [1.54, 1.807) is 5.38 Å². The monoisotopic (exact) mass is 206 g/mol. The highest BCUT2D eigenvalue weighted by atomic mass is 79.9. The number of nitrogens with zero attached hydrogens (tertiary/aromatic N) is 1. The molecule has 1 aromatic heterocycles. The molecule has 48 valence electrons. The number of nitrogens with two attached hydrogens (primary N) is 1. The summed E-state index contributed by atoms with van der Waals surface area (Å²) in [5, 5.41) is 1.71. The molecule has 0 atom stereocenters. The Hall–Kier alpha value is -0.420. The van der Waals surface area contributed by atoms with Crippen molar-refractivity contribution >= 4 is 33.4 Å². The molecule has 0 bridgehead atoms. The van der Waals surface area contributed by atoms with Crippen molar-refractivity contribution in [2.75, 3.05) is 0 Å². The lowest BCUT2D eigenvalue weighted by Gasteiger charge is -1.84. The van der Waals surface area contributed by atoms with Gasteiger partial charge >= 0.3 is 0 Å². The smallest absolute Gasteiger partial charge is 0.269 e. The van der Waals surface area contributed by atoms with E-state index in [-0.39, 0.29) is 0 Å². The second kappa shape index (κ2) is 2.45. The fourth-order valence-electron chi connectivity index (χ4n) is 0.387. The Labute approximate surface area is 64.2 Å². The number of amides is 1. The van der Waals surface area contributed by atoms with Crippen molar-refractivity contribution in [3.8, 4) is 0 Å². The summed E-state index contributed by atoms with van der Waals surface area (Å²) in [7, 11) is 0. The number of hydrogen-bond acceptors (Lipinski definition) is 3. The van der Waals surface area contributed by atoms with E-state index < -0.39 is 5.91 Å². The van der Waals surface area contributed by atoms with Crippen LogP contribution in [0.3, 0.4) is 0 Å². The lowest BCUT2D eigenvalue weighted by atomic mass is 10.4. The van der Waals surface area contributed by atoms with Gasteiger partial charge in [-0.2, -0.15) is 4.37 Å². The van der Waals surface area contributed by atoms with Crippen LogP contribution in [0.4, 0.5) is 0 Å².